The van der Waals surface area contributed by atoms with E-state index in [2.05, 4.69) is 0 Å². The lowest BCUT2D eigenvalue weighted by atomic mass is 9.75. The zero-order valence-corrected chi connectivity index (χ0v) is 12.4. The van der Waals surface area contributed by atoms with Crippen molar-refractivity contribution in [2.45, 2.75) is 32.1 Å². The van der Waals surface area contributed by atoms with Gasteiger partial charge in [0.25, 0.3) is 5.91 Å². The molecule has 1 saturated heterocycles. The number of anilines is 1. The summed E-state index contributed by atoms with van der Waals surface area (Å²) >= 11 is 5.98. The summed E-state index contributed by atoms with van der Waals surface area (Å²) in [5.74, 6) is 1.54. The molecule has 2 N–H and O–H groups in total. The third kappa shape index (κ3) is 2.64. The third-order valence-corrected chi connectivity index (χ3v) is 5.06. The second-order valence-corrected chi connectivity index (χ2v) is 6.51. The third-order valence-electron chi connectivity index (χ3n) is 4.82. The van der Waals surface area contributed by atoms with Gasteiger partial charge < -0.3 is 10.6 Å². The topological polar surface area (TPSA) is 46.3 Å². The van der Waals surface area contributed by atoms with Crippen LogP contribution in [-0.4, -0.2) is 23.9 Å². The maximum absolute atomic E-state index is 12.6. The van der Waals surface area contributed by atoms with Crippen LogP contribution in [0.4, 0.5) is 5.69 Å². The van der Waals surface area contributed by atoms with Crippen molar-refractivity contribution in [3.8, 4) is 0 Å². The van der Waals surface area contributed by atoms with E-state index in [1.54, 1.807) is 18.2 Å². The fraction of sp³-hybridized carbons (Fsp3) is 0.562. The first-order valence-corrected chi connectivity index (χ1v) is 7.87. The van der Waals surface area contributed by atoms with Crippen LogP contribution in [-0.2, 0) is 0 Å². The van der Waals surface area contributed by atoms with Crippen LogP contribution in [0.5, 0.6) is 0 Å². The lowest BCUT2D eigenvalue weighted by molar-refractivity contribution is 0.0522. The molecule has 1 amide bonds. The molecule has 1 aromatic carbocycles. The van der Waals surface area contributed by atoms with Gasteiger partial charge in [0.1, 0.15) is 0 Å². The van der Waals surface area contributed by atoms with Crippen molar-refractivity contribution in [2.75, 3.05) is 18.8 Å². The molecule has 1 aliphatic carbocycles. The van der Waals surface area contributed by atoms with Gasteiger partial charge in [-0.3, -0.25) is 4.79 Å². The van der Waals surface area contributed by atoms with Crippen LogP contribution in [0.15, 0.2) is 18.2 Å². The lowest BCUT2D eigenvalue weighted by Gasteiger charge is -2.41. The highest BCUT2D eigenvalue weighted by Gasteiger charge is 2.33. The molecular weight excluding hydrogens is 272 g/mol. The van der Waals surface area contributed by atoms with Crippen molar-refractivity contribution < 1.29 is 4.79 Å². The Morgan fingerprint density at radius 3 is 2.75 bits per heavy atom. The monoisotopic (exact) mass is 292 g/mol. The minimum atomic E-state index is 0.0361. The van der Waals surface area contributed by atoms with E-state index in [0.29, 0.717) is 22.2 Å². The number of fused-ring (bicyclic) bond motifs is 1. The summed E-state index contributed by atoms with van der Waals surface area (Å²) in [6.07, 6.45) is 6.40. The lowest BCUT2D eigenvalue weighted by Crippen LogP contribution is -2.44. The van der Waals surface area contributed by atoms with E-state index in [1.165, 1.54) is 25.7 Å². The standard InChI is InChI=1S/C16H21ClN2O/c17-13-5-6-15(18)14(9-13)16(20)19-8-7-11-3-1-2-4-12(11)10-19/h5-6,9,11-12H,1-4,7-8,10,18H2. The van der Waals surface area contributed by atoms with Crippen molar-refractivity contribution in [3.05, 3.63) is 28.8 Å². The molecule has 1 aliphatic heterocycles. The van der Waals surface area contributed by atoms with E-state index in [9.17, 15) is 4.79 Å². The number of nitrogens with zero attached hydrogens (tertiary/aromatic N) is 1. The molecule has 2 fully saturated rings. The van der Waals surface area contributed by atoms with Crippen molar-refractivity contribution in [2.24, 2.45) is 11.8 Å². The summed E-state index contributed by atoms with van der Waals surface area (Å²) in [6.45, 7) is 1.74. The van der Waals surface area contributed by atoms with Crippen molar-refractivity contribution in [1.29, 1.82) is 0 Å². The highest BCUT2D eigenvalue weighted by molar-refractivity contribution is 6.31. The number of benzene rings is 1. The first-order chi connectivity index (χ1) is 9.65. The molecule has 20 heavy (non-hydrogen) atoms. The first-order valence-electron chi connectivity index (χ1n) is 7.49. The number of carbonyl (C=O) groups is 1. The number of halogens is 1. The van der Waals surface area contributed by atoms with Gasteiger partial charge in [0.15, 0.2) is 0 Å². The summed E-state index contributed by atoms with van der Waals surface area (Å²) in [4.78, 5) is 14.6. The smallest absolute Gasteiger partial charge is 0.256 e. The van der Waals surface area contributed by atoms with Crippen molar-refractivity contribution in [1.82, 2.24) is 4.90 Å². The average Bonchev–Trinajstić information content (AvgIpc) is 2.48. The van der Waals surface area contributed by atoms with Gasteiger partial charge in [0.2, 0.25) is 0 Å². The number of likely N-dealkylation sites (tertiary alicyclic amines) is 1. The van der Waals surface area contributed by atoms with E-state index < -0.39 is 0 Å². The van der Waals surface area contributed by atoms with Crippen LogP contribution in [0.25, 0.3) is 0 Å². The van der Waals surface area contributed by atoms with Gasteiger partial charge in [-0.1, -0.05) is 30.9 Å². The Bertz CT molecular complexity index is 517. The Morgan fingerprint density at radius 2 is 1.95 bits per heavy atom. The summed E-state index contributed by atoms with van der Waals surface area (Å²) < 4.78 is 0. The van der Waals surface area contributed by atoms with E-state index in [0.717, 1.165) is 25.4 Å². The molecule has 0 bridgehead atoms. The molecule has 4 heteroatoms. The van der Waals surface area contributed by atoms with Crippen LogP contribution in [0.3, 0.4) is 0 Å². The van der Waals surface area contributed by atoms with Gasteiger partial charge in [0.05, 0.1) is 5.56 Å². The van der Waals surface area contributed by atoms with Gasteiger partial charge in [-0.15, -0.1) is 0 Å². The SMILES string of the molecule is Nc1ccc(Cl)cc1C(=O)N1CCC2CCCCC2C1. The molecule has 0 aromatic heterocycles. The molecule has 1 heterocycles. The van der Waals surface area contributed by atoms with Crippen LogP contribution in [0, 0.1) is 11.8 Å². The van der Waals surface area contributed by atoms with E-state index in [4.69, 9.17) is 17.3 Å². The Labute approximate surface area is 125 Å². The van der Waals surface area contributed by atoms with Crippen LogP contribution >= 0.6 is 11.6 Å². The first kappa shape index (κ1) is 13.7. The van der Waals surface area contributed by atoms with E-state index in [-0.39, 0.29) is 5.91 Å². The summed E-state index contributed by atoms with van der Waals surface area (Å²) in [5.41, 5.74) is 6.99. The Morgan fingerprint density at radius 1 is 1.20 bits per heavy atom. The minimum absolute atomic E-state index is 0.0361. The quantitative estimate of drug-likeness (QED) is 0.804. The van der Waals surface area contributed by atoms with Gasteiger partial charge in [-0.2, -0.15) is 0 Å². The molecule has 108 valence electrons. The number of hydrogen-bond donors (Lipinski definition) is 1. The fourth-order valence-corrected chi connectivity index (χ4v) is 3.84. The molecule has 1 saturated carbocycles. The largest absolute Gasteiger partial charge is 0.398 e. The zero-order chi connectivity index (χ0) is 14.1. The maximum Gasteiger partial charge on any atom is 0.256 e. The van der Waals surface area contributed by atoms with Crippen LogP contribution < -0.4 is 5.73 Å². The van der Waals surface area contributed by atoms with E-state index in [1.807, 2.05) is 4.90 Å². The second kappa shape index (κ2) is 5.65. The zero-order valence-electron chi connectivity index (χ0n) is 11.6. The number of nitrogen functional groups attached to an aromatic ring is 1. The second-order valence-electron chi connectivity index (χ2n) is 6.08. The van der Waals surface area contributed by atoms with Gasteiger partial charge in [-0.25, -0.2) is 0 Å². The highest BCUT2D eigenvalue weighted by Crippen LogP contribution is 2.36. The molecular formula is C16H21ClN2O. The summed E-state index contributed by atoms with van der Waals surface area (Å²) in [5, 5.41) is 0.565. The van der Waals surface area contributed by atoms with Gasteiger partial charge in [0, 0.05) is 23.8 Å². The predicted octanol–water partition coefficient (Wildman–Crippen LogP) is 3.57. The normalized spacial score (nSPS) is 26.1. The van der Waals surface area contributed by atoms with Gasteiger partial charge in [-0.05, 0) is 42.9 Å². The highest BCUT2D eigenvalue weighted by atomic mass is 35.5. The number of amides is 1. The Balaban J connectivity index is 1.76. The molecule has 1 aromatic rings. The number of nitrogens with two attached hydrogens (primary N) is 1. The Hall–Kier alpha value is -1.22. The molecule has 0 spiro atoms. The van der Waals surface area contributed by atoms with Crippen molar-refractivity contribution >= 4 is 23.2 Å². The van der Waals surface area contributed by atoms with Crippen LogP contribution in [0.1, 0.15) is 42.5 Å². The summed E-state index contributed by atoms with van der Waals surface area (Å²) in [7, 11) is 0. The maximum atomic E-state index is 12.6. The summed E-state index contributed by atoms with van der Waals surface area (Å²) in [6, 6.07) is 5.12. The fourth-order valence-electron chi connectivity index (χ4n) is 3.67. The van der Waals surface area contributed by atoms with E-state index >= 15 is 0 Å². The number of carbonyl (C=O) groups excluding carboxylic acids is 1. The van der Waals surface area contributed by atoms with Crippen molar-refractivity contribution in [3.63, 3.8) is 0 Å². The number of rotatable bonds is 1. The van der Waals surface area contributed by atoms with Crippen LogP contribution in [0.2, 0.25) is 5.02 Å². The number of piperidine rings is 1. The number of hydrogen-bond acceptors (Lipinski definition) is 2. The predicted molar refractivity (Wildman–Crippen MR) is 81.8 cm³/mol. The molecule has 3 rings (SSSR count). The molecule has 2 unspecified atom stereocenters. The molecule has 2 aliphatic rings. The molecule has 0 radical (unpaired) electrons. The molecule has 3 nitrogen and oxygen atoms in total. The average molecular weight is 293 g/mol. The molecule has 2 atom stereocenters. The Kier molecular flexibility index (Phi) is 3.88. The minimum Gasteiger partial charge on any atom is -0.398 e. The van der Waals surface area contributed by atoms with Gasteiger partial charge >= 0.3 is 0 Å².